The Hall–Kier alpha value is -1.46. The van der Waals surface area contributed by atoms with Gasteiger partial charge in [-0.3, -0.25) is 9.59 Å². The monoisotopic (exact) mass is 287 g/mol. The van der Waals surface area contributed by atoms with Crippen molar-refractivity contribution in [1.29, 1.82) is 0 Å². The SMILES string of the molecule is CC(C(=O)c1ccccc1)C(=S)NCC(=O)O.Cl. The molecule has 6 heteroatoms. The summed E-state index contributed by atoms with van der Waals surface area (Å²) in [5.74, 6) is -1.65. The van der Waals surface area contributed by atoms with Crippen LogP contribution in [0.25, 0.3) is 0 Å². The van der Waals surface area contributed by atoms with Gasteiger partial charge in [0.2, 0.25) is 0 Å². The Morgan fingerprint density at radius 3 is 2.39 bits per heavy atom. The van der Waals surface area contributed by atoms with E-state index in [4.69, 9.17) is 17.3 Å². The summed E-state index contributed by atoms with van der Waals surface area (Å²) in [7, 11) is 0. The van der Waals surface area contributed by atoms with Crippen LogP contribution in [0.4, 0.5) is 0 Å². The lowest BCUT2D eigenvalue weighted by Crippen LogP contribution is -2.35. The molecule has 1 aromatic rings. The minimum absolute atomic E-state index is 0. The number of halogens is 1. The molecule has 1 aromatic carbocycles. The van der Waals surface area contributed by atoms with Crippen molar-refractivity contribution < 1.29 is 14.7 Å². The first-order chi connectivity index (χ1) is 8.02. The molecule has 1 rings (SSSR count). The Labute approximate surface area is 117 Å². The third-order valence-corrected chi connectivity index (χ3v) is 2.76. The third kappa shape index (κ3) is 4.81. The van der Waals surface area contributed by atoms with E-state index >= 15 is 0 Å². The summed E-state index contributed by atoms with van der Waals surface area (Å²) in [6.07, 6.45) is 0. The molecule has 1 unspecified atom stereocenters. The molecule has 0 aromatic heterocycles. The Bertz CT molecular complexity index is 436. The van der Waals surface area contributed by atoms with Gasteiger partial charge in [0.15, 0.2) is 5.78 Å². The van der Waals surface area contributed by atoms with Crippen LogP contribution in [0.5, 0.6) is 0 Å². The highest BCUT2D eigenvalue weighted by atomic mass is 35.5. The second kappa shape index (κ2) is 7.79. The first kappa shape index (κ1) is 16.5. The van der Waals surface area contributed by atoms with Crippen molar-refractivity contribution in [1.82, 2.24) is 5.32 Å². The summed E-state index contributed by atoms with van der Waals surface area (Å²) in [6.45, 7) is 1.39. The summed E-state index contributed by atoms with van der Waals surface area (Å²) in [5.41, 5.74) is 0.569. The van der Waals surface area contributed by atoms with Gasteiger partial charge in [-0.25, -0.2) is 0 Å². The molecule has 0 aliphatic rings. The second-order valence-corrected chi connectivity index (χ2v) is 4.00. The topological polar surface area (TPSA) is 66.4 Å². The molecular formula is C12H14ClNO3S. The number of carbonyl (C=O) groups excluding carboxylic acids is 1. The highest BCUT2D eigenvalue weighted by Gasteiger charge is 2.19. The number of Topliss-reactive ketones (excluding diaryl/α,β-unsaturated/α-hetero) is 1. The van der Waals surface area contributed by atoms with Crippen molar-refractivity contribution in [3.05, 3.63) is 35.9 Å². The first-order valence-electron chi connectivity index (χ1n) is 5.11. The summed E-state index contributed by atoms with van der Waals surface area (Å²) in [4.78, 5) is 22.6. The maximum Gasteiger partial charge on any atom is 0.322 e. The van der Waals surface area contributed by atoms with Gasteiger partial charge in [-0.1, -0.05) is 42.5 Å². The van der Waals surface area contributed by atoms with Crippen LogP contribution >= 0.6 is 24.6 Å². The molecule has 0 radical (unpaired) electrons. The van der Waals surface area contributed by atoms with Crippen molar-refractivity contribution in [3.63, 3.8) is 0 Å². The van der Waals surface area contributed by atoms with Crippen molar-refractivity contribution in [2.45, 2.75) is 6.92 Å². The molecule has 1 atom stereocenters. The number of carboxylic acid groups (broad SMARTS) is 1. The molecule has 0 bridgehead atoms. The van der Waals surface area contributed by atoms with Crippen LogP contribution in [0.2, 0.25) is 0 Å². The Kier molecular flexibility index (Phi) is 7.16. The lowest BCUT2D eigenvalue weighted by atomic mass is 9.99. The van der Waals surface area contributed by atoms with E-state index in [0.29, 0.717) is 5.56 Å². The van der Waals surface area contributed by atoms with Crippen LogP contribution in [0.1, 0.15) is 17.3 Å². The van der Waals surface area contributed by atoms with Crippen LogP contribution < -0.4 is 5.32 Å². The van der Waals surface area contributed by atoms with Crippen molar-refractivity contribution in [3.8, 4) is 0 Å². The number of carboxylic acids is 1. The molecule has 0 aliphatic carbocycles. The van der Waals surface area contributed by atoms with Gasteiger partial charge in [0.25, 0.3) is 0 Å². The number of nitrogens with one attached hydrogen (secondary N) is 1. The zero-order valence-corrected chi connectivity index (χ0v) is 11.4. The highest BCUT2D eigenvalue weighted by molar-refractivity contribution is 7.80. The standard InChI is InChI=1S/C12H13NO3S.ClH/c1-8(12(17)13-7-10(14)15)11(16)9-5-3-2-4-6-9;/h2-6,8H,7H2,1H3,(H,13,17)(H,14,15);1H. The van der Waals surface area contributed by atoms with E-state index < -0.39 is 11.9 Å². The predicted octanol–water partition coefficient (Wildman–Crippen LogP) is 1.93. The minimum Gasteiger partial charge on any atom is -0.480 e. The maximum atomic E-state index is 12.0. The van der Waals surface area contributed by atoms with Crippen molar-refractivity contribution in [2.75, 3.05) is 6.54 Å². The number of benzene rings is 1. The van der Waals surface area contributed by atoms with Crippen LogP contribution in [0.15, 0.2) is 30.3 Å². The number of carbonyl (C=O) groups is 2. The van der Waals surface area contributed by atoms with Crippen molar-refractivity contribution in [2.24, 2.45) is 5.92 Å². The largest absolute Gasteiger partial charge is 0.480 e. The summed E-state index contributed by atoms with van der Waals surface area (Å²) >= 11 is 4.98. The average Bonchev–Trinajstić information content (AvgIpc) is 2.35. The number of thiocarbonyl (C=S) groups is 1. The minimum atomic E-state index is -1.01. The van der Waals surface area contributed by atoms with Gasteiger partial charge >= 0.3 is 5.97 Å². The van der Waals surface area contributed by atoms with Gasteiger partial charge in [0, 0.05) is 5.56 Å². The third-order valence-electron chi connectivity index (χ3n) is 2.26. The van der Waals surface area contributed by atoms with E-state index in [1.54, 1.807) is 31.2 Å². The number of hydrogen-bond acceptors (Lipinski definition) is 3. The van der Waals surface area contributed by atoms with Gasteiger partial charge in [-0.15, -0.1) is 12.4 Å². The molecule has 0 aliphatic heterocycles. The molecular weight excluding hydrogens is 274 g/mol. The van der Waals surface area contributed by atoms with Crippen LogP contribution in [-0.4, -0.2) is 28.4 Å². The Morgan fingerprint density at radius 2 is 1.89 bits per heavy atom. The molecule has 2 N–H and O–H groups in total. The van der Waals surface area contributed by atoms with Crippen molar-refractivity contribution >= 4 is 41.4 Å². The van der Waals surface area contributed by atoms with Gasteiger partial charge in [0.1, 0.15) is 6.54 Å². The van der Waals surface area contributed by atoms with E-state index in [1.165, 1.54) is 0 Å². The molecule has 0 fully saturated rings. The van der Waals surface area contributed by atoms with Gasteiger partial charge in [0.05, 0.1) is 10.9 Å². The van der Waals surface area contributed by atoms with E-state index in [0.717, 1.165) is 0 Å². The number of ketones is 1. The Balaban J connectivity index is 0.00000289. The quantitative estimate of drug-likeness (QED) is 0.640. The van der Waals surface area contributed by atoms with Gasteiger partial charge < -0.3 is 10.4 Å². The van der Waals surface area contributed by atoms with E-state index in [2.05, 4.69) is 5.32 Å². The molecule has 18 heavy (non-hydrogen) atoms. The van der Waals surface area contributed by atoms with Crippen LogP contribution in [0.3, 0.4) is 0 Å². The zero-order valence-electron chi connectivity index (χ0n) is 9.75. The van der Waals surface area contributed by atoms with E-state index in [9.17, 15) is 9.59 Å². The summed E-state index contributed by atoms with van der Waals surface area (Å²) in [6, 6.07) is 8.78. The fraction of sp³-hybridized carbons (Fsp3) is 0.250. The lowest BCUT2D eigenvalue weighted by Gasteiger charge is -2.12. The van der Waals surface area contributed by atoms with E-state index in [1.807, 2.05) is 6.07 Å². The predicted molar refractivity (Wildman–Crippen MR) is 75.4 cm³/mol. The second-order valence-electron chi connectivity index (χ2n) is 3.56. The zero-order chi connectivity index (χ0) is 12.8. The highest BCUT2D eigenvalue weighted by Crippen LogP contribution is 2.09. The lowest BCUT2D eigenvalue weighted by molar-refractivity contribution is -0.135. The molecule has 0 heterocycles. The molecule has 0 amide bonds. The molecule has 0 saturated heterocycles. The maximum absolute atomic E-state index is 12.0. The first-order valence-corrected chi connectivity index (χ1v) is 5.52. The Morgan fingerprint density at radius 1 is 1.33 bits per heavy atom. The smallest absolute Gasteiger partial charge is 0.322 e. The van der Waals surface area contributed by atoms with Gasteiger partial charge in [-0.2, -0.15) is 0 Å². The number of hydrogen-bond donors (Lipinski definition) is 2. The van der Waals surface area contributed by atoms with Gasteiger partial charge in [-0.05, 0) is 6.92 Å². The fourth-order valence-electron chi connectivity index (χ4n) is 1.29. The van der Waals surface area contributed by atoms with Crippen LogP contribution in [-0.2, 0) is 4.79 Å². The molecule has 4 nitrogen and oxygen atoms in total. The number of aliphatic carboxylic acids is 1. The van der Waals surface area contributed by atoms with E-state index in [-0.39, 0.29) is 29.7 Å². The normalized spacial score (nSPS) is 10.9. The molecule has 0 spiro atoms. The summed E-state index contributed by atoms with van der Waals surface area (Å²) in [5, 5.41) is 11.0. The average molecular weight is 288 g/mol. The molecule has 0 saturated carbocycles. The molecule has 98 valence electrons. The van der Waals surface area contributed by atoms with Crippen LogP contribution in [0, 0.1) is 5.92 Å². The summed E-state index contributed by atoms with van der Waals surface area (Å²) < 4.78 is 0. The fourth-order valence-corrected chi connectivity index (χ4v) is 1.47. The number of rotatable bonds is 5.